The van der Waals surface area contributed by atoms with E-state index >= 15 is 0 Å². The minimum absolute atomic E-state index is 0.208. The summed E-state index contributed by atoms with van der Waals surface area (Å²) in [5.41, 5.74) is 1.36. The van der Waals surface area contributed by atoms with E-state index in [-0.39, 0.29) is 11.7 Å². The van der Waals surface area contributed by atoms with Gasteiger partial charge in [0.2, 0.25) is 0 Å². The van der Waals surface area contributed by atoms with Gasteiger partial charge in [-0.05, 0) is 49.8 Å². The van der Waals surface area contributed by atoms with Crippen LogP contribution in [-0.2, 0) is 6.42 Å². The minimum Gasteiger partial charge on any atom is -0.354 e. The van der Waals surface area contributed by atoms with Crippen LogP contribution in [0.15, 0.2) is 36.7 Å². The van der Waals surface area contributed by atoms with Crippen LogP contribution in [0.25, 0.3) is 0 Å². The second-order valence-electron chi connectivity index (χ2n) is 6.65. The molecule has 26 heavy (non-hydrogen) atoms. The van der Waals surface area contributed by atoms with Gasteiger partial charge < -0.3 is 10.2 Å². The molecule has 6 heteroatoms. The molecule has 0 radical (unpaired) electrons. The van der Waals surface area contributed by atoms with Crippen molar-refractivity contribution in [2.45, 2.75) is 45.1 Å². The van der Waals surface area contributed by atoms with E-state index in [9.17, 15) is 9.18 Å². The number of halogens is 1. The number of hydrogen-bond acceptors (Lipinski definition) is 4. The molecule has 138 valence electrons. The van der Waals surface area contributed by atoms with Gasteiger partial charge in [0, 0.05) is 25.2 Å². The first-order valence-electron chi connectivity index (χ1n) is 9.28. The molecule has 0 bridgehead atoms. The summed E-state index contributed by atoms with van der Waals surface area (Å²) < 4.78 is 12.9. The van der Waals surface area contributed by atoms with Crippen molar-refractivity contribution in [1.82, 2.24) is 15.3 Å². The smallest absolute Gasteiger partial charge is 0.270 e. The Labute approximate surface area is 153 Å². The predicted molar refractivity (Wildman–Crippen MR) is 99.7 cm³/mol. The van der Waals surface area contributed by atoms with E-state index in [4.69, 9.17) is 0 Å². The molecule has 3 rings (SSSR count). The number of amides is 1. The Kier molecular flexibility index (Phi) is 6.15. The summed E-state index contributed by atoms with van der Waals surface area (Å²) in [6, 6.07) is 8.57. The molecule has 5 nitrogen and oxygen atoms in total. The molecule has 1 N–H and O–H groups in total. The number of nitrogens with zero attached hydrogens (tertiary/aromatic N) is 3. The highest BCUT2D eigenvalue weighted by molar-refractivity contribution is 5.92. The molecule has 1 aromatic heterocycles. The first-order valence-corrected chi connectivity index (χ1v) is 9.28. The van der Waals surface area contributed by atoms with Gasteiger partial charge in [0.1, 0.15) is 23.7 Å². The highest BCUT2D eigenvalue weighted by Gasteiger charge is 2.23. The summed E-state index contributed by atoms with van der Waals surface area (Å²) in [5.74, 6) is 0.366. The molecule has 2 heterocycles. The quantitative estimate of drug-likeness (QED) is 0.862. The summed E-state index contributed by atoms with van der Waals surface area (Å²) in [7, 11) is 0. The Hall–Kier alpha value is -2.50. The molecular weight excluding hydrogens is 331 g/mol. The maximum absolute atomic E-state index is 12.9. The van der Waals surface area contributed by atoms with Crippen LogP contribution < -0.4 is 10.2 Å². The molecule has 1 amide bonds. The van der Waals surface area contributed by atoms with Crippen LogP contribution >= 0.6 is 0 Å². The summed E-state index contributed by atoms with van der Waals surface area (Å²) in [5, 5.41) is 2.88. The standard InChI is InChI=1S/C20H25FN4O/c1-2-17-5-3-4-12-25(17)19-13-18(23-14-24-19)20(26)22-11-10-15-6-8-16(21)9-7-15/h6-9,13-14,17H,2-5,10-12H2,1H3,(H,22,26). The van der Waals surface area contributed by atoms with Crippen molar-refractivity contribution in [3.8, 4) is 0 Å². The normalized spacial score (nSPS) is 17.2. The molecule has 2 aromatic rings. The molecule has 1 aromatic carbocycles. The van der Waals surface area contributed by atoms with Crippen molar-refractivity contribution < 1.29 is 9.18 Å². The van der Waals surface area contributed by atoms with Gasteiger partial charge in [-0.15, -0.1) is 0 Å². The number of benzene rings is 1. The maximum Gasteiger partial charge on any atom is 0.270 e. The van der Waals surface area contributed by atoms with Gasteiger partial charge in [-0.2, -0.15) is 0 Å². The summed E-state index contributed by atoms with van der Waals surface area (Å²) in [6.07, 6.45) is 6.75. The topological polar surface area (TPSA) is 58.1 Å². The number of nitrogens with one attached hydrogen (secondary N) is 1. The van der Waals surface area contributed by atoms with Crippen LogP contribution in [0.2, 0.25) is 0 Å². The zero-order chi connectivity index (χ0) is 18.4. The fourth-order valence-corrected chi connectivity index (χ4v) is 3.42. The summed E-state index contributed by atoms with van der Waals surface area (Å²) >= 11 is 0. The van der Waals surface area contributed by atoms with E-state index in [1.807, 2.05) is 0 Å². The third kappa shape index (κ3) is 4.56. The van der Waals surface area contributed by atoms with Gasteiger partial charge in [-0.25, -0.2) is 14.4 Å². The molecular formula is C20H25FN4O. The molecule has 0 spiro atoms. The molecule has 1 aliphatic rings. The molecule has 0 saturated carbocycles. The average Bonchev–Trinajstić information content (AvgIpc) is 2.69. The monoisotopic (exact) mass is 356 g/mol. The lowest BCUT2D eigenvalue weighted by atomic mass is 10.00. The lowest BCUT2D eigenvalue weighted by Crippen LogP contribution is -2.40. The van der Waals surface area contributed by atoms with E-state index in [0.29, 0.717) is 24.7 Å². The van der Waals surface area contributed by atoms with Crippen LogP contribution in [-0.4, -0.2) is 35.0 Å². The van der Waals surface area contributed by atoms with Crippen LogP contribution in [0.3, 0.4) is 0 Å². The third-order valence-corrected chi connectivity index (χ3v) is 4.89. The number of carbonyl (C=O) groups excluding carboxylic acids is 1. The number of piperidine rings is 1. The highest BCUT2D eigenvalue weighted by atomic mass is 19.1. The van der Waals surface area contributed by atoms with Crippen molar-refractivity contribution in [2.75, 3.05) is 18.0 Å². The Bertz CT molecular complexity index is 735. The number of rotatable bonds is 6. The SMILES string of the molecule is CCC1CCCCN1c1cc(C(=O)NCCc2ccc(F)cc2)ncn1. The average molecular weight is 356 g/mol. The van der Waals surface area contributed by atoms with Gasteiger partial charge in [0.15, 0.2) is 0 Å². The molecule has 1 atom stereocenters. The van der Waals surface area contributed by atoms with Crippen molar-refractivity contribution in [3.63, 3.8) is 0 Å². The zero-order valence-corrected chi connectivity index (χ0v) is 15.1. The fraction of sp³-hybridized carbons (Fsp3) is 0.450. The van der Waals surface area contributed by atoms with Crippen LogP contribution in [0.4, 0.5) is 10.2 Å². The highest BCUT2D eigenvalue weighted by Crippen LogP contribution is 2.24. The lowest BCUT2D eigenvalue weighted by molar-refractivity contribution is 0.0949. The van der Waals surface area contributed by atoms with Gasteiger partial charge in [0.05, 0.1) is 0 Å². The number of hydrogen-bond donors (Lipinski definition) is 1. The number of carbonyl (C=O) groups is 1. The zero-order valence-electron chi connectivity index (χ0n) is 15.1. The molecule has 1 fully saturated rings. The van der Waals surface area contributed by atoms with E-state index in [0.717, 1.165) is 30.8 Å². The van der Waals surface area contributed by atoms with Crippen LogP contribution in [0, 0.1) is 5.82 Å². The van der Waals surface area contributed by atoms with Gasteiger partial charge in [0.25, 0.3) is 5.91 Å². The Morgan fingerprint density at radius 3 is 2.85 bits per heavy atom. The van der Waals surface area contributed by atoms with E-state index in [2.05, 4.69) is 27.1 Å². The number of anilines is 1. The number of aromatic nitrogens is 2. The maximum atomic E-state index is 12.9. The van der Waals surface area contributed by atoms with E-state index in [1.165, 1.54) is 31.3 Å². The lowest BCUT2D eigenvalue weighted by Gasteiger charge is -2.36. The van der Waals surface area contributed by atoms with Gasteiger partial charge >= 0.3 is 0 Å². The van der Waals surface area contributed by atoms with Crippen molar-refractivity contribution >= 4 is 11.7 Å². The predicted octanol–water partition coefficient (Wildman–Crippen LogP) is 3.36. The minimum atomic E-state index is -0.255. The molecule has 1 aliphatic heterocycles. The Balaban J connectivity index is 1.60. The largest absolute Gasteiger partial charge is 0.354 e. The summed E-state index contributed by atoms with van der Waals surface area (Å²) in [4.78, 5) is 23.2. The molecule has 1 saturated heterocycles. The fourth-order valence-electron chi connectivity index (χ4n) is 3.42. The van der Waals surface area contributed by atoms with Gasteiger partial charge in [-0.3, -0.25) is 4.79 Å². The Morgan fingerprint density at radius 1 is 1.27 bits per heavy atom. The third-order valence-electron chi connectivity index (χ3n) is 4.89. The van der Waals surface area contributed by atoms with E-state index < -0.39 is 0 Å². The first-order chi connectivity index (χ1) is 12.7. The first kappa shape index (κ1) is 18.3. The molecule has 0 aliphatic carbocycles. The Morgan fingerprint density at radius 2 is 2.08 bits per heavy atom. The summed E-state index contributed by atoms with van der Waals surface area (Å²) in [6.45, 7) is 3.64. The van der Waals surface area contributed by atoms with Crippen LogP contribution in [0.1, 0.15) is 48.7 Å². The second-order valence-corrected chi connectivity index (χ2v) is 6.65. The molecule has 1 unspecified atom stereocenters. The van der Waals surface area contributed by atoms with Crippen LogP contribution in [0.5, 0.6) is 0 Å². The second kappa shape index (κ2) is 8.74. The van der Waals surface area contributed by atoms with E-state index in [1.54, 1.807) is 18.2 Å². The van der Waals surface area contributed by atoms with Crippen molar-refractivity contribution in [3.05, 3.63) is 53.7 Å². The van der Waals surface area contributed by atoms with Gasteiger partial charge in [-0.1, -0.05) is 19.1 Å². The van der Waals surface area contributed by atoms with Crippen molar-refractivity contribution in [2.24, 2.45) is 0 Å². The van der Waals surface area contributed by atoms with Crippen molar-refractivity contribution in [1.29, 1.82) is 0 Å².